The van der Waals surface area contributed by atoms with E-state index in [9.17, 15) is 14.4 Å². The van der Waals surface area contributed by atoms with Crippen LogP contribution in [0.5, 0.6) is 0 Å². The highest BCUT2D eigenvalue weighted by Gasteiger charge is 2.12. The number of benzene rings is 2. The van der Waals surface area contributed by atoms with Gasteiger partial charge in [-0.1, -0.05) is 30.3 Å². The van der Waals surface area contributed by atoms with Crippen LogP contribution in [0.1, 0.15) is 32.3 Å². The molecule has 8 nitrogen and oxygen atoms in total. The van der Waals surface area contributed by atoms with Crippen LogP contribution in [0.15, 0.2) is 60.8 Å². The van der Waals surface area contributed by atoms with Crippen LogP contribution in [0.25, 0.3) is 10.9 Å². The van der Waals surface area contributed by atoms with Crippen molar-refractivity contribution in [3.05, 3.63) is 66.4 Å². The van der Waals surface area contributed by atoms with Crippen LogP contribution in [0, 0.1) is 0 Å². The highest BCUT2D eigenvalue weighted by Crippen LogP contribution is 2.21. The largest absolute Gasteiger partial charge is 0.445 e. The molecule has 0 unspecified atom stereocenters. The predicted molar refractivity (Wildman–Crippen MR) is 132 cm³/mol. The molecular formula is C26H32N4O4. The summed E-state index contributed by atoms with van der Waals surface area (Å²) in [5.74, 6) is -0.0487. The number of ether oxygens (including phenoxy) is 1. The molecule has 3 amide bonds. The zero-order chi connectivity index (χ0) is 24.3. The molecule has 34 heavy (non-hydrogen) atoms. The monoisotopic (exact) mass is 464 g/mol. The second kappa shape index (κ2) is 12.4. The Kier molecular flexibility index (Phi) is 9.08. The Bertz CT molecular complexity index is 1110. The standard InChI is InChI=1S/C26H32N4O4/c1-3-29(4-2)25(32)18-30-16-14-21-17-22(12-13-23(21)30)28-24(31)11-8-15-27-26(33)34-19-20-9-6-5-7-10-20/h5-7,9-10,12-14,16-17H,3-4,8,11,15,18-19H2,1-2H3,(H,27,33)(H,28,31). The minimum absolute atomic E-state index is 0.0810. The van der Waals surface area contributed by atoms with Crippen LogP contribution in [0.3, 0.4) is 0 Å². The lowest BCUT2D eigenvalue weighted by Gasteiger charge is -2.19. The molecule has 1 aromatic heterocycles. The van der Waals surface area contributed by atoms with E-state index in [0.717, 1.165) is 16.5 Å². The van der Waals surface area contributed by atoms with E-state index in [1.165, 1.54) is 0 Å². The minimum Gasteiger partial charge on any atom is -0.445 e. The van der Waals surface area contributed by atoms with Crippen molar-refractivity contribution in [3.63, 3.8) is 0 Å². The van der Waals surface area contributed by atoms with E-state index in [1.54, 1.807) is 4.90 Å². The summed E-state index contributed by atoms with van der Waals surface area (Å²) in [6.07, 6.45) is 2.16. The zero-order valence-electron chi connectivity index (χ0n) is 19.8. The van der Waals surface area contributed by atoms with E-state index in [1.807, 2.05) is 79.2 Å². The maximum Gasteiger partial charge on any atom is 0.407 e. The number of nitrogens with one attached hydrogen (secondary N) is 2. The SMILES string of the molecule is CCN(CC)C(=O)Cn1ccc2cc(NC(=O)CCCNC(=O)OCc3ccccc3)ccc21. The van der Waals surface area contributed by atoms with Crippen molar-refractivity contribution in [2.24, 2.45) is 0 Å². The van der Waals surface area contributed by atoms with Gasteiger partial charge in [0, 0.05) is 48.8 Å². The van der Waals surface area contributed by atoms with E-state index < -0.39 is 6.09 Å². The van der Waals surface area contributed by atoms with Gasteiger partial charge in [0.25, 0.3) is 0 Å². The highest BCUT2D eigenvalue weighted by atomic mass is 16.5. The van der Waals surface area contributed by atoms with Gasteiger partial charge in [0.1, 0.15) is 13.2 Å². The molecule has 0 bridgehead atoms. The van der Waals surface area contributed by atoms with Crippen molar-refractivity contribution in [2.75, 3.05) is 25.0 Å². The minimum atomic E-state index is -0.501. The molecule has 0 saturated carbocycles. The molecule has 2 aromatic carbocycles. The third-order valence-electron chi connectivity index (χ3n) is 5.54. The summed E-state index contributed by atoms with van der Waals surface area (Å²) < 4.78 is 7.07. The maximum absolute atomic E-state index is 12.4. The van der Waals surface area contributed by atoms with Crippen molar-refractivity contribution in [1.29, 1.82) is 0 Å². The van der Waals surface area contributed by atoms with Gasteiger partial charge in [-0.2, -0.15) is 0 Å². The summed E-state index contributed by atoms with van der Waals surface area (Å²) in [4.78, 5) is 38.3. The summed E-state index contributed by atoms with van der Waals surface area (Å²) in [6.45, 7) is 6.17. The van der Waals surface area contributed by atoms with E-state index in [-0.39, 0.29) is 31.4 Å². The molecule has 0 aliphatic rings. The van der Waals surface area contributed by atoms with Crippen LogP contribution < -0.4 is 10.6 Å². The summed E-state index contributed by atoms with van der Waals surface area (Å²) in [6, 6.07) is 17.0. The van der Waals surface area contributed by atoms with Gasteiger partial charge in [-0.05, 0) is 50.1 Å². The first-order valence-corrected chi connectivity index (χ1v) is 11.6. The molecule has 0 aliphatic heterocycles. The number of rotatable bonds is 11. The third-order valence-corrected chi connectivity index (χ3v) is 5.54. The number of nitrogens with zero attached hydrogens (tertiary/aromatic N) is 2. The van der Waals surface area contributed by atoms with Crippen molar-refractivity contribution < 1.29 is 19.1 Å². The predicted octanol–water partition coefficient (Wildman–Crippen LogP) is 4.15. The van der Waals surface area contributed by atoms with Gasteiger partial charge >= 0.3 is 6.09 Å². The fourth-order valence-corrected chi connectivity index (χ4v) is 3.67. The topological polar surface area (TPSA) is 92.7 Å². The quantitative estimate of drug-likeness (QED) is 0.417. The molecule has 8 heteroatoms. The van der Waals surface area contributed by atoms with Gasteiger partial charge in [-0.15, -0.1) is 0 Å². The lowest BCUT2D eigenvalue weighted by atomic mass is 10.2. The van der Waals surface area contributed by atoms with Crippen molar-refractivity contribution in [2.45, 2.75) is 39.8 Å². The highest BCUT2D eigenvalue weighted by molar-refractivity contribution is 5.94. The first-order valence-electron chi connectivity index (χ1n) is 11.6. The third kappa shape index (κ3) is 7.10. The molecule has 180 valence electrons. The summed E-state index contributed by atoms with van der Waals surface area (Å²) in [5, 5.41) is 6.50. The van der Waals surface area contributed by atoms with Gasteiger partial charge in [0.05, 0.1) is 0 Å². The molecule has 0 atom stereocenters. The van der Waals surface area contributed by atoms with Gasteiger partial charge in [-0.3, -0.25) is 9.59 Å². The van der Waals surface area contributed by atoms with Gasteiger partial charge in [-0.25, -0.2) is 4.79 Å². The van der Waals surface area contributed by atoms with Crippen molar-refractivity contribution in [3.8, 4) is 0 Å². The number of likely N-dealkylation sites (N-methyl/N-ethyl adjacent to an activating group) is 1. The van der Waals surface area contributed by atoms with Crippen LogP contribution in [0.2, 0.25) is 0 Å². The Balaban J connectivity index is 1.41. The van der Waals surface area contributed by atoms with Crippen LogP contribution >= 0.6 is 0 Å². The Morgan fingerprint density at radius 3 is 2.50 bits per heavy atom. The zero-order valence-corrected chi connectivity index (χ0v) is 19.8. The number of hydrogen-bond donors (Lipinski definition) is 2. The normalized spacial score (nSPS) is 10.6. The lowest BCUT2D eigenvalue weighted by molar-refractivity contribution is -0.131. The average Bonchev–Trinajstić information content (AvgIpc) is 3.23. The Morgan fingerprint density at radius 2 is 1.76 bits per heavy atom. The number of hydrogen-bond acceptors (Lipinski definition) is 4. The molecule has 0 spiro atoms. The number of alkyl carbamates (subject to hydrolysis) is 1. The molecule has 0 radical (unpaired) electrons. The number of anilines is 1. The molecule has 2 N–H and O–H groups in total. The average molecular weight is 465 g/mol. The number of aromatic nitrogens is 1. The smallest absolute Gasteiger partial charge is 0.407 e. The number of carbonyl (C=O) groups is 3. The molecule has 0 saturated heterocycles. The lowest BCUT2D eigenvalue weighted by Crippen LogP contribution is -2.33. The fourth-order valence-electron chi connectivity index (χ4n) is 3.67. The second-order valence-electron chi connectivity index (χ2n) is 7.92. The van der Waals surface area contributed by atoms with Gasteiger partial charge in [0.2, 0.25) is 11.8 Å². The maximum atomic E-state index is 12.4. The first kappa shape index (κ1) is 24.8. The van der Waals surface area contributed by atoms with E-state index in [4.69, 9.17) is 4.74 Å². The Labute approximate surface area is 199 Å². The Morgan fingerprint density at radius 1 is 1.00 bits per heavy atom. The molecule has 0 aliphatic carbocycles. The number of fused-ring (bicyclic) bond motifs is 1. The number of carbonyl (C=O) groups excluding carboxylic acids is 3. The van der Waals surface area contributed by atoms with Crippen LogP contribution in [-0.4, -0.2) is 47.0 Å². The van der Waals surface area contributed by atoms with E-state index in [2.05, 4.69) is 10.6 Å². The van der Waals surface area contributed by atoms with Crippen molar-refractivity contribution >= 4 is 34.5 Å². The molecule has 0 fully saturated rings. The number of amides is 3. The fraction of sp³-hybridized carbons (Fsp3) is 0.346. The first-order chi connectivity index (χ1) is 16.5. The van der Waals surface area contributed by atoms with E-state index >= 15 is 0 Å². The Hall–Kier alpha value is -3.81. The molecule has 3 aromatic rings. The molecule has 1 heterocycles. The summed E-state index contributed by atoms with van der Waals surface area (Å²) >= 11 is 0. The van der Waals surface area contributed by atoms with Crippen LogP contribution in [0.4, 0.5) is 10.5 Å². The van der Waals surface area contributed by atoms with Gasteiger partial charge in [0.15, 0.2) is 0 Å². The molecule has 3 rings (SSSR count). The summed E-state index contributed by atoms with van der Waals surface area (Å²) in [5.41, 5.74) is 2.55. The van der Waals surface area contributed by atoms with Crippen LogP contribution in [-0.2, 0) is 27.5 Å². The van der Waals surface area contributed by atoms with Gasteiger partial charge < -0.3 is 24.8 Å². The van der Waals surface area contributed by atoms with Crippen molar-refractivity contribution in [1.82, 2.24) is 14.8 Å². The van der Waals surface area contributed by atoms with E-state index in [0.29, 0.717) is 31.7 Å². The molecular weight excluding hydrogens is 432 g/mol. The summed E-state index contributed by atoms with van der Waals surface area (Å²) in [7, 11) is 0. The second-order valence-corrected chi connectivity index (χ2v) is 7.92.